The average Bonchev–Trinajstić information content (AvgIpc) is 2.15. The van der Waals surface area contributed by atoms with E-state index in [0.29, 0.717) is 12.8 Å². The Morgan fingerprint density at radius 3 is 2.38 bits per heavy atom. The van der Waals surface area contributed by atoms with Gasteiger partial charge in [-0.15, -0.1) is 0 Å². The van der Waals surface area contributed by atoms with Crippen LogP contribution in [0.15, 0.2) is 0 Å². The molecule has 76 valence electrons. The monoisotopic (exact) mass is 187 g/mol. The van der Waals surface area contributed by atoms with Gasteiger partial charge in [-0.1, -0.05) is 20.3 Å². The Balaban J connectivity index is 4.08. The zero-order valence-corrected chi connectivity index (χ0v) is 8.42. The Kier molecular flexibility index (Phi) is 5.93. The lowest BCUT2D eigenvalue weighted by Gasteiger charge is -2.14. The molecule has 0 bridgehead atoms. The first-order chi connectivity index (χ1) is 6.15. The van der Waals surface area contributed by atoms with Crippen molar-refractivity contribution in [1.82, 2.24) is 5.32 Å². The normalized spacial score (nSPS) is 11.9. The van der Waals surface area contributed by atoms with Gasteiger partial charge in [-0.3, -0.25) is 4.79 Å². The molecule has 0 aromatic heterocycles. The van der Waals surface area contributed by atoms with Gasteiger partial charge in [-0.25, -0.2) is 4.79 Å². The van der Waals surface area contributed by atoms with Gasteiger partial charge in [0, 0.05) is 6.42 Å². The number of methoxy groups -OCH3 is 1. The number of amides is 1. The van der Waals surface area contributed by atoms with Crippen molar-refractivity contribution in [1.29, 1.82) is 0 Å². The number of hydrogen-bond acceptors (Lipinski definition) is 3. The molecule has 0 heterocycles. The second kappa shape index (κ2) is 6.46. The molecular formula is C9H17NO3. The minimum absolute atomic E-state index is 0.121. The van der Waals surface area contributed by atoms with Crippen molar-refractivity contribution < 1.29 is 14.3 Å². The first-order valence-corrected chi connectivity index (χ1v) is 4.52. The summed E-state index contributed by atoms with van der Waals surface area (Å²) < 4.78 is 4.56. The van der Waals surface area contributed by atoms with E-state index in [1.54, 1.807) is 6.92 Å². The quantitative estimate of drug-likeness (QED) is 0.649. The van der Waals surface area contributed by atoms with Gasteiger partial charge in [0.1, 0.15) is 6.04 Å². The molecule has 4 nitrogen and oxygen atoms in total. The summed E-state index contributed by atoms with van der Waals surface area (Å²) in [6.07, 6.45) is 1.85. The van der Waals surface area contributed by atoms with Crippen LogP contribution in [-0.2, 0) is 14.3 Å². The third-order valence-corrected chi connectivity index (χ3v) is 1.72. The average molecular weight is 187 g/mol. The van der Waals surface area contributed by atoms with Gasteiger partial charge < -0.3 is 10.1 Å². The molecule has 0 fully saturated rings. The second-order valence-corrected chi connectivity index (χ2v) is 2.79. The number of carbonyl (C=O) groups is 2. The van der Waals surface area contributed by atoms with Crippen LogP contribution in [0.25, 0.3) is 0 Å². The largest absolute Gasteiger partial charge is 0.467 e. The summed E-state index contributed by atoms with van der Waals surface area (Å²) in [6.45, 7) is 3.70. The fourth-order valence-corrected chi connectivity index (χ4v) is 0.976. The molecule has 1 N–H and O–H groups in total. The number of hydrogen-bond donors (Lipinski definition) is 1. The Hall–Kier alpha value is -1.06. The summed E-state index contributed by atoms with van der Waals surface area (Å²) in [5.41, 5.74) is 0. The molecule has 0 rings (SSSR count). The van der Waals surface area contributed by atoms with Gasteiger partial charge in [-0.05, 0) is 6.42 Å². The van der Waals surface area contributed by atoms with E-state index in [0.717, 1.165) is 6.42 Å². The van der Waals surface area contributed by atoms with Crippen molar-refractivity contribution in [3.05, 3.63) is 0 Å². The summed E-state index contributed by atoms with van der Waals surface area (Å²) in [4.78, 5) is 22.1. The van der Waals surface area contributed by atoms with E-state index in [2.05, 4.69) is 10.1 Å². The molecule has 0 spiro atoms. The third-order valence-electron chi connectivity index (χ3n) is 1.72. The minimum Gasteiger partial charge on any atom is -0.467 e. The predicted molar refractivity (Wildman–Crippen MR) is 49.1 cm³/mol. The summed E-state index contributed by atoms with van der Waals surface area (Å²) in [6, 6.07) is -0.484. The van der Waals surface area contributed by atoms with E-state index in [9.17, 15) is 9.59 Å². The molecule has 1 atom stereocenters. The highest BCUT2D eigenvalue weighted by Crippen LogP contribution is 1.99. The third kappa shape index (κ3) is 4.50. The van der Waals surface area contributed by atoms with Gasteiger partial charge in [0.2, 0.25) is 5.91 Å². The van der Waals surface area contributed by atoms with Crippen molar-refractivity contribution in [2.24, 2.45) is 0 Å². The van der Waals surface area contributed by atoms with E-state index >= 15 is 0 Å². The zero-order valence-electron chi connectivity index (χ0n) is 8.42. The first kappa shape index (κ1) is 11.9. The van der Waals surface area contributed by atoms with Crippen molar-refractivity contribution in [2.75, 3.05) is 7.11 Å². The van der Waals surface area contributed by atoms with Gasteiger partial charge in [0.25, 0.3) is 0 Å². The lowest BCUT2D eigenvalue weighted by molar-refractivity contribution is -0.145. The van der Waals surface area contributed by atoms with Gasteiger partial charge in [0.05, 0.1) is 7.11 Å². The van der Waals surface area contributed by atoms with Crippen LogP contribution in [-0.4, -0.2) is 25.0 Å². The molecule has 0 aromatic rings. The number of esters is 1. The van der Waals surface area contributed by atoms with E-state index in [4.69, 9.17) is 0 Å². The van der Waals surface area contributed by atoms with Crippen LogP contribution in [0.3, 0.4) is 0 Å². The van der Waals surface area contributed by atoms with Crippen molar-refractivity contribution in [2.45, 2.75) is 39.2 Å². The maximum atomic E-state index is 11.1. The Bertz CT molecular complexity index is 180. The van der Waals surface area contributed by atoms with E-state index in [1.807, 2.05) is 6.92 Å². The van der Waals surface area contributed by atoms with Crippen molar-refractivity contribution >= 4 is 11.9 Å². The Labute approximate surface area is 78.6 Å². The van der Waals surface area contributed by atoms with Gasteiger partial charge in [0.15, 0.2) is 0 Å². The maximum absolute atomic E-state index is 11.1. The Morgan fingerprint density at radius 1 is 1.38 bits per heavy atom. The van der Waals surface area contributed by atoms with E-state index < -0.39 is 6.04 Å². The molecule has 0 radical (unpaired) electrons. The molecule has 4 heteroatoms. The van der Waals surface area contributed by atoms with Crippen LogP contribution >= 0.6 is 0 Å². The highest BCUT2D eigenvalue weighted by Gasteiger charge is 2.19. The summed E-state index contributed by atoms with van der Waals surface area (Å²) in [5, 5.41) is 2.60. The molecule has 1 amide bonds. The Morgan fingerprint density at radius 2 is 2.00 bits per heavy atom. The standard InChI is InChI=1S/C9H17NO3/c1-4-6-7(9(12)13-3)10-8(11)5-2/h7H,4-6H2,1-3H3,(H,10,11)/t7-/m0/s1. The van der Waals surface area contributed by atoms with E-state index in [1.165, 1.54) is 7.11 Å². The highest BCUT2D eigenvalue weighted by molar-refractivity contribution is 5.84. The minimum atomic E-state index is -0.484. The van der Waals surface area contributed by atoms with Crippen LogP contribution in [0.2, 0.25) is 0 Å². The molecule has 0 saturated heterocycles. The van der Waals surface area contributed by atoms with Crippen LogP contribution in [0.1, 0.15) is 33.1 Å². The highest BCUT2D eigenvalue weighted by atomic mass is 16.5. The SMILES string of the molecule is CCC[C@H](NC(=O)CC)C(=O)OC. The van der Waals surface area contributed by atoms with Crippen molar-refractivity contribution in [3.63, 3.8) is 0 Å². The number of ether oxygens (including phenoxy) is 1. The lowest BCUT2D eigenvalue weighted by atomic mass is 10.1. The molecule has 0 aromatic carbocycles. The molecule has 0 aliphatic rings. The molecule has 0 saturated carbocycles. The molecular weight excluding hydrogens is 170 g/mol. The summed E-state index contributed by atoms with van der Waals surface area (Å²) in [7, 11) is 1.32. The van der Waals surface area contributed by atoms with Crippen molar-refractivity contribution in [3.8, 4) is 0 Å². The smallest absolute Gasteiger partial charge is 0.328 e. The molecule has 0 aliphatic heterocycles. The van der Waals surface area contributed by atoms with Gasteiger partial charge >= 0.3 is 5.97 Å². The fourth-order valence-electron chi connectivity index (χ4n) is 0.976. The number of nitrogens with one attached hydrogen (secondary N) is 1. The second-order valence-electron chi connectivity index (χ2n) is 2.79. The summed E-state index contributed by atoms with van der Waals surface area (Å²) in [5.74, 6) is -0.493. The predicted octanol–water partition coefficient (Wildman–Crippen LogP) is 0.854. The number of carbonyl (C=O) groups excluding carboxylic acids is 2. The number of rotatable bonds is 5. The van der Waals surface area contributed by atoms with Crippen LogP contribution < -0.4 is 5.32 Å². The van der Waals surface area contributed by atoms with Crippen LogP contribution in [0.4, 0.5) is 0 Å². The first-order valence-electron chi connectivity index (χ1n) is 4.52. The lowest BCUT2D eigenvalue weighted by Crippen LogP contribution is -2.41. The fraction of sp³-hybridized carbons (Fsp3) is 0.778. The van der Waals surface area contributed by atoms with Gasteiger partial charge in [-0.2, -0.15) is 0 Å². The molecule has 0 aliphatic carbocycles. The van der Waals surface area contributed by atoms with Crippen LogP contribution in [0.5, 0.6) is 0 Å². The molecule has 13 heavy (non-hydrogen) atoms. The zero-order chi connectivity index (χ0) is 10.3. The van der Waals surface area contributed by atoms with Crippen LogP contribution in [0, 0.1) is 0 Å². The molecule has 0 unspecified atom stereocenters. The topological polar surface area (TPSA) is 55.4 Å². The van der Waals surface area contributed by atoms with E-state index in [-0.39, 0.29) is 11.9 Å². The summed E-state index contributed by atoms with van der Waals surface area (Å²) >= 11 is 0. The maximum Gasteiger partial charge on any atom is 0.328 e.